The molecule has 0 saturated heterocycles. The van der Waals surface area contributed by atoms with Crippen LogP contribution in [0.5, 0.6) is 0 Å². The number of carbonyl (C=O) groups is 1. The van der Waals surface area contributed by atoms with Crippen molar-refractivity contribution in [3.05, 3.63) is 22.2 Å². The molecule has 0 atom stereocenters. The molecule has 2 N–H and O–H groups in total. The maximum Gasteiger partial charge on any atom is 0.223 e. The zero-order valence-electron chi connectivity index (χ0n) is 8.59. The number of rotatable bonds is 0. The first-order valence-electron chi connectivity index (χ1n) is 4.95. The van der Waals surface area contributed by atoms with Crippen LogP contribution in [0.15, 0.2) is 16.6 Å². The van der Waals surface area contributed by atoms with Crippen LogP contribution in [0.2, 0.25) is 0 Å². The van der Waals surface area contributed by atoms with Crippen molar-refractivity contribution in [2.24, 2.45) is 0 Å². The molecule has 80 valence electrons. The molecular formula is C11H13BrN2O. The Hall–Kier alpha value is -1.03. The maximum absolute atomic E-state index is 11.5. The highest BCUT2D eigenvalue weighted by Crippen LogP contribution is 2.35. The van der Waals surface area contributed by atoms with Gasteiger partial charge in [0.05, 0.1) is 11.4 Å². The number of halogens is 1. The van der Waals surface area contributed by atoms with Crippen LogP contribution in [0.3, 0.4) is 0 Å². The third-order valence-electron chi connectivity index (χ3n) is 2.66. The lowest BCUT2D eigenvalue weighted by Crippen LogP contribution is -2.34. The van der Waals surface area contributed by atoms with Gasteiger partial charge in [-0.1, -0.05) is 15.9 Å². The van der Waals surface area contributed by atoms with E-state index in [0.29, 0.717) is 5.69 Å². The standard InChI is InChI=1S/C11H13BrN2O/c1-7(15)14-4-2-3-8-5-9(12)6-10(13)11(8)14/h5-6H,2-4,13H2,1H3. The van der Waals surface area contributed by atoms with Crippen molar-refractivity contribution in [2.75, 3.05) is 17.2 Å². The van der Waals surface area contributed by atoms with E-state index in [9.17, 15) is 4.79 Å². The molecule has 4 heteroatoms. The molecule has 3 nitrogen and oxygen atoms in total. The quantitative estimate of drug-likeness (QED) is 0.735. The summed E-state index contributed by atoms with van der Waals surface area (Å²) in [5.74, 6) is 0.0602. The van der Waals surface area contributed by atoms with Gasteiger partial charge in [0.25, 0.3) is 0 Å². The SMILES string of the molecule is CC(=O)N1CCCc2cc(Br)cc(N)c21. The Morgan fingerprint density at radius 2 is 2.27 bits per heavy atom. The van der Waals surface area contributed by atoms with E-state index in [1.165, 1.54) is 0 Å². The molecular weight excluding hydrogens is 256 g/mol. The van der Waals surface area contributed by atoms with Crippen molar-refractivity contribution in [2.45, 2.75) is 19.8 Å². The van der Waals surface area contributed by atoms with Gasteiger partial charge in [-0.3, -0.25) is 4.79 Å². The van der Waals surface area contributed by atoms with Gasteiger partial charge in [0.2, 0.25) is 5.91 Å². The number of nitrogens with two attached hydrogens (primary N) is 1. The fourth-order valence-corrected chi connectivity index (χ4v) is 2.58. The van der Waals surface area contributed by atoms with Crippen molar-refractivity contribution in [1.29, 1.82) is 0 Å². The molecule has 0 fully saturated rings. The first kappa shape index (κ1) is 10.5. The highest BCUT2D eigenvalue weighted by Gasteiger charge is 2.22. The summed E-state index contributed by atoms with van der Waals surface area (Å²) in [6, 6.07) is 3.89. The molecule has 1 aliphatic heterocycles. The van der Waals surface area contributed by atoms with Gasteiger partial charge in [-0.2, -0.15) is 0 Å². The molecule has 0 unspecified atom stereocenters. The Morgan fingerprint density at radius 3 is 2.93 bits per heavy atom. The number of benzene rings is 1. The number of carbonyl (C=O) groups excluding carboxylic acids is 1. The van der Waals surface area contributed by atoms with E-state index in [0.717, 1.165) is 35.1 Å². The van der Waals surface area contributed by atoms with Crippen LogP contribution >= 0.6 is 15.9 Å². The summed E-state index contributed by atoms with van der Waals surface area (Å²) in [5, 5.41) is 0. The van der Waals surface area contributed by atoms with Crippen LogP contribution in [0.25, 0.3) is 0 Å². The van der Waals surface area contributed by atoms with Crippen LogP contribution in [-0.2, 0) is 11.2 Å². The van der Waals surface area contributed by atoms with Crippen LogP contribution in [0.4, 0.5) is 11.4 Å². The van der Waals surface area contributed by atoms with Gasteiger partial charge >= 0.3 is 0 Å². The molecule has 0 bridgehead atoms. The lowest BCUT2D eigenvalue weighted by molar-refractivity contribution is -0.116. The van der Waals surface area contributed by atoms with Gasteiger partial charge in [0.15, 0.2) is 0 Å². The summed E-state index contributed by atoms with van der Waals surface area (Å²) < 4.78 is 0.976. The van der Waals surface area contributed by atoms with Crippen molar-refractivity contribution >= 4 is 33.2 Å². The van der Waals surface area contributed by atoms with Crippen LogP contribution < -0.4 is 10.6 Å². The Balaban J connectivity index is 2.55. The highest BCUT2D eigenvalue weighted by atomic mass is 79.9. The largest absolute Gasteiger partial charge is 0.397 e. The van der Waals surface area contributed by atoms with Crippen molar-refractivity contribution in [1.82, 2.24) is 0 Å². The van der Waals surface area contributed by atoms with E-state index in [1.807, 2.05) is 12.1 Å². The van der Waals surface area contributed by atoms with Gasteiger partial charge in [-0.15, -0.1) is 0 Å². The molecule has 1 amide bonds. The second-order valence-electron chi connectivity index (χ2n) is 3.78. The minimum Gasteiger partial charge on any atom is -0.397 e. The summed E-state index contributed by atoms with van der Waals surface area (Å²) in [6.45, 7) is 2.35. The summed E-state index contributed by atoms with van der Waals surface area (Å²) in [6.07, 6.45) is 1.99. The first-order chi connectivity index (χ1) is 7.09. The molecule has 1 heterocycles. The zero-order chi connectivity index (χ0) is 11.0. The zero-order valence-corrected chi connectivity index (χ0v) is 10.2. The smallest absolute Gasteiger partial charge is 0.223 e. The van der Waals surface area contributed by atoms with E-state index in [-0.39, 0.29) is 5.91 Å². The molecule has 0 radical (unpaired) electrons. The lowest BCUT2D eigenvalue weighted by Gasteiger charge is -2.30. The van der Waals surface area contributed by atoms with E-state index in [4.69, 9.17) is 5.73 Å². The number of fused-ring (bicyclic) bond motifs is 1. The molecule has 0 saturated carbocycles. The van der Waals surface area contributed by atoms with Gasteiger partial charge in [0.1, 0.15) is 0 Å². The third-order valence-corrected chi connectivity index (χ3v) is 3.12. The number of hydrogen-bond donors (Lipinski definition) is 1. The van der Waals surface area contributed by atoms with E-state index in [1.54, 1.807) is 11.8 Å². The number of anilines is 2. The van der Waals surface area contributed by atoms with Gasteiger partial charge in [-0.05, 0) is 30.5 Å². The fourth-order valence-electron chi connectivity index (χ4n) is 2.05. The fraction of sp³-hybridized carbons (Fsp3) is 0.364. The summed E-state index contributed by atoms with van der Waals surface area (Å²) in [4.78, 5) is 13.2. The van der Waals surface area contributed by atoms with Gasteiger partial charge < -0.3 is 10.6 Å². The Morgan fingerprint density at radius 1 is 1.53 bits per heavy atom. The summed E-state index contributed by atoms with van der Waals surface area (Å²) in [7, 11) is 0. The molecule has 0 aromatic heterocycles. The number of hydrogen-bond acceptors (Lipinski definition) is 2. The minimum absolute atomic E-state index is 0.0602. The number of amides is 1. The molecule has 0 spiro atoms. The number of aryl methyl sites for hydroxylation is 1. The predicted molar refractivity (Wildman–Crippen MR) is 64.9 cm³/mol. The number of nitrogen functional groups attached to an aromatic ring is 1. The molecule has 1 aliphatic rings. The average Bonchev–Trinajstić information content (AvgIpc) is 2.16. The summed E-state index contributed by atoms with van der Waals surface area (Å²) in [5.41, 5.74) is 8.68. The van der Waals surface area contributed by atoms with Crippen LogP contribution in [0.1, 0.15) is 18.9 Å². The Kier molecular flexibility index (Phi) is 2.69. The van der Waals surface area contributed by atoms with Crippen LogP contribution in [-0.4, -0.2) is 12.5 Å². The highest BCUT2D eigenvalue weighted by molar-refractivity contribution is 9.10. The second kappa shape index (κ2) is 3.85. The second-order valence-corrected chi connectivity index (χ2v) is 4.69. The van der Waals surface area contributed by atoms with Gasteiger partial charge in [0, 0.05) is 17.9 Å². The maximum atomic E-state index is 11.5. The van der Waals surface area contributed by atoms with E-state index in [2.05, 4.69) is 15.9 Å². The summed E-state index contributed by atoms with van der Waals surface area (Å²) >= 11 is 3.41. The minimum atomic E-state index is 0.0602. The molecule has 1 aromatic carbocycles. The first-order valence-corrected chi connectivity index (χ1v) is 5.75. The van der Waals surface area contributed by atoms with E-state index < -0.39 is 0 Å². The van der Waals surface area contributed by atoms with Crippen LogP contribution in [0, 0.1) is 0 Å². The average molecular weight is 269 g/mol. The predicted octanol–water partition coefficient (Wildman–Crippen LogP) is 2.33. The Labute approximate surface area is 97.4 Å². The topological polar surface area (TPSA) is 46.3 Å². The molecule has 1 aromatic rings. The molecule has 0 aliphatic carbocycles. The van der Waals surface area contributed by atoms with Crippen molar-refractivity contribution in [3.8, 4) is 0 Å². The normalized spacial score (nSPS) is 14.9. The molecule has 2 rings (SSSR count). The van der Waals surface area contributed by atoms with Gasteiger partial charge in [-0.25, -0.2) is 0 Å². The van der Waals surface area contributed by atoms with Crippen molar-refractivity contribution in [3.63, 3.8) is 0 Å². The lowest BCUT2D eigenvalue weighted by atomic mass is 10.0. The Bertz CT molecular complexity index is 417. The third kappa shape index (κ3) is 1.86. The van der Waals surface area contributed by atoms with Crippen molar-refractivity contribution < 1.29 is 4.79 Å². The molecule has 15 heavy (non-hydrogen) atoms. The monoisotopic (exact) mass is 268 g/mol. The number of nitrogens with zero attached hydrogens (tertiary/aromatic N) is 1. The van der Waals surface area contributed by atoms with E-state index >= 15 is 0 Å².